The lowest BCUT2D eigenvalue weighted by Gasteiger charge is -2.22. The third-order valence-electron chi connectivity index (χ3n) is 5.00. The van der Waals surface area contributed by atoms with Gasteiger partial charge in [0.25, 0.3) is 0 Å². The molecule has 25 heavy (non-hydrogen) atoms. The van der Waals surface area contributed by atoms with Gasteiger partial charge in [-0.15, -0.1) is 0 Å². The molecule has 0 aromatic carbocycles. The molecule has 0 aliphatic heterocycles. The van der Waals surface area contributed by atoms with Crippen LogP contribution in [0.15, 0.2) is 24.3 Å². The number of unbranched alkanes of at least 4 members (excludes halogenated alkanes) is 1. The summed E-state index contributed by atoms with van der Waals surface area (Å²) < 4.78 is 0. The average Bonchev–Trinajstić information content (AvgIpc) is 2.69. The van der Waals surface area contributed by atoms with Crippen LogP contribution in [-0.4, -0.2) is 39.3 Å². The molecular formula is C20H32O5. The van der Waals surface area contributed by atoms with Gasteiger partial charge in [-0.3, -0.25) is 9.59 Å². The molecule has 142 valence electrons. The highest BCUT2D eigenvalue weighted by Crippen LogP contribution is 2.44. The number of allylic oxidation sites excluding steroid dienone is 2. The van der Waals surface area contributed by atoms with E-state index in [2.05, 4.69) is 0 Å². The first-order valence-corrected chi connectivity index (χ1v) is 9.17. The lowest BCUT2D eigenvalue weighted by molar-refractivity contribution is -0.137. The van der Waals surface area contributed by atoms with Gasteiger partial charge >= 0.3 is 5.97 Å². The number of aliphatic hydroxyl groups excluding tert-OH is 2. The molecule has 1 rings (SSSR count). The molecule has 1 aliphatic rings. The number of carbonyl (C=O) groups excluding carboxylic acids is 1. The van der Waals surface area contributed by atoms with Gasteiger partial charge in [0.2, 0.25) is 0 Å². The maximum atomic E-state index is 12.7. The Labute approximate surface area is 150 Å². The van der Waals surface area contributed by atoms with Crippen LogP contribution >= 0.6 is 0 Å². The summed E-state index contributed by atoms with van der Waals surface area (Å²) in [6, 6.07) is 0. The van der Waals surface area contributed by atoms with Crippen LogP contribution in [0.4, 0.5) is 0 Å². The van der Waals surface area contributed by atoms with Crippen molar-refractivity contribution in [3.05, 3.63) is 24.3 Å². The first-order chi connectivity index (χ1) is 11.7. The van der Waals surface area contributed by atoms with Gasteiger partial charge in [-0.05, 0) is 25.7 Å². The van der Waals surface area contributed by atoms with Crippen molar-refractivity contribution in [3.63, 3.8) is 0 Å². The summed E-state index contributed by atoms with van der Waals surface area (Å²) in [5.74, 6) is -1.39. The number of aliphatic hydroxyl groups is 2. The Morgan fingerprint density at radius 3 is 2.60 bits per heavy atom. The molecule has 0 amide bonds. The van der Waals surface area contributed by atoms with Crippen molar-refractivity contribution >= 4 is 11.8 Å². The predicted molar refractivity (Wildman–Crippen MR) is 97.1 cm³/mol. The van der Waals surface area contributed by atoms with E-state index in [4.69, 9.17) is 5.11 Å². The summed E-state index contributed by atoms with van der Waals surface area (Å²) in [5, 5.41) is 29.1. The average molecular weight is 352 g/mol. The number of hydrogen-bond donors (Lipinski definition) is 3. The van der Waals surface area contributed by atoms with E-state index in [1.165, 1.54) is 0 Å². The summed E-state index contributed by atoms with van der Waals surface area (Å²) in [7, 11) is 0. The number of carboxylic acids is 1. The van der Waals surface area contributed by atoms with Crippen LogP contribution in [0, 0.1) is 17.3 Å². The Morgan fingerprint density at radius 1 is 1.32 bits per heavy atom. The van der Waals surface area contributed by atoms with Crippen LogP contribution < -0.4 is 0 Å². The Morgan fingerprint density at radius 2 is 2.00 bits per heavy atom. The van der Waals surface area contributed by atoms with Crippen molar-refractivity contribution in [1.29, 1.82) is 0 Å². The van der Waals surface area contributed by atoms with E-state index in [0.717, 1.165) is 6.42 Å². The monoisotopic (exact) mass is 352 g/mol. The zero-order valence-corrected chi connectivity index (χ0v) is 15.5. The highest BCUT2D eigenvalue weighted by molar-refractivity contribution is 5.90. The number of Topliss-reactive ketones (excluding diaryl/α,β-unsaturated/α-hetero) is 1. The molecule has 1 aliphatic carbocycles. The molecule has 1 saturated carbocycles. The highest BCUT2D eigenvalue weighted by atomic mass is 16.4. The van der Waals surface area contributed by atoms with Gasteiger partial charge in [-0.1, -0.05) is 51.5 Å². The van der Waals surface area contributed by atoms with E-state index >= 15 is 0 Å². The second-order valence-electron chi connectivity index (χ2n) is 7.45. The fourth-order valence-electron chi connectivity index (χ4n) is 3.38. The van der Waals surface area contributed by atoms with Crippen molar-refractivity contribution in [2.24, 2.45) is 17.3 Å². The molecule has 0 spiro atoms. The minimum Gasteiger partial charge on any atom is -0.481 e. The maximum Gasteiger partial charge on any atom is 0.303 e. The highest BCUT2D eigenvalue weighted by Gasteiger charge is 2.52. The van der Waals surface area contributed by atoms with Crippen LogP contribution in [0.2, 0.25) is 0 Å². The zero-order valence-electron chi connectivity index (χ0n) is 15.5. The second kappa shape index (κ2) is 9.88. The minimum absolute atomic E-state index is 0.0369. The lowest BCUT2D eigenvalue weighted by Crippen LogP contribution is -2.31. The smallest absolute Gasteiger partial charge is 0.303 e. The van der Waals surface area contributed by atoms with Gasteiger partial charge in [-0.25, -0.2) is 0 Å². The molecule has 0 bridgehead atoms. The van der Waals surface area contributed by atoms with E-state index in [1.54, 1.807) is 26.0 Å². The van der Waals surface area contributed by atoms with Crippen LogP contribution in [0.5, 0.6) is 0 Å². The maximum absolute atomic E-state index is 12.7. The van der Waals surface area contributed by atoms with Gasteiger partial charge in [0.1, 0.15) is 5.78 Å². The quantitative estimate of drug-likeness (QED) is 0.415. The largest absolute Gasteiger partial charge is 0.481 e. The van der Waals surface area contributed by atoms with Gasteiger partial charge in [0.15, 0.2) is 0 Å². The number of carboxylic acid groups (broad SMARTS) is 1. The molecule has 0 radical (unpaired) electrons. The van der Waals surface area contributed by atoms with Crippen LogP contribution in [-0.2, 0) is 9.59 Å². The summed E-state index contributed by atoms with van der Waals surface area (Å²) >= 11 is 0. The van der Waals surface area contributed by atoms with Crippen molar-refractivity contribution in [3.8, 4) is 0 Å². The van der Waals surface area contributed by atoms with Gasteiger partial charge < -0.3 is 15.3 Å². The number of rotatable bonds is 10. The Balaban J connectivity index is 2.73. The number of ketones is 1. The fraction of sp³-hybridized carbons (Fsp3) is 0.700. The Kier molecular flexibility index (Phi) is 8.53. The fourth-order valence-corrected chi connectivity index (χ4v) is 3.38. The third kappa shape index (κ3) is 6.08. The standard InChI is InChI=1S/C20H32O5/c1-4-9-14(21)12-13-16-15(18(24)20(2,3)19(16)25)10-7-5-6-8-11-17(22)23/h5,7,12-16,19,21,25H,4,6,8-11H2,1-3H3,(H,22,23)/b7-5-,13-12+/t14-,15+,16+,19-/m0/s1. The molecule has 0 aromatic heterocycles. The predicted octanol–water partition coefficient (Wildman–Crippen LogP) is 3.11. The molecule has 3 N–H and O–H groups in total. The Hall–Kier alpha value is -1.46. The first kappa shape index (κ1) is 21.6. The minimum atomic E-state index is -0.805. The molecule has 0 aromatic rings. The van der Waals surface area contributed by atoms with Crippen LogP contribution in [0.3, 0.4) is 0 Å². The van der Waals surface area contributed by atoms with Crippen molar-refractivity contribution in [2.45, 2.75) is 71.5 Å². The van der Waals surface area contributed by atoms with E-state index < -0.39 is 23.6 Å². The normalized spacial score (nSPS) is 27.4. The third-order valence-corrected chi connectivity index (χ3v) is 5.00. The van der Waals surface area contributed by atoms with Crippen LogP contribution in [0.25, 0.3) is 0 Å². The zero-order chi connectivity index (χ0) is 19.0. The molecule has 0 unspecified atom stereocenters. The summed E-state index contributed by atoms with van der Waals surface area (Å²) in [4.78, 5) is 23.1. The van der Waals surface area contributed by atoms with E-state index in [-0.39, 0.29) is 24.0 Å². The van der Waals surface area contributed by atoms with Crippen molar-refractivity contribution in [1.82, 2.24) is 0 Å². The van der Waals surface area contributed by atoms with Crippen LogP contribution in [0.1, 0.15) is 59.3 Å². The number of aliphatic carboxylic acids is 1. The van der Waals surface area contributed by atoms with E-state index in [1.807, 2.05) is 19.1 Å². The SMILES string of the molecule is CCC[C@H](O)/C=C/[C@@H]1[C@@H](C/C=C\CCCC(=O)O)C(=O)C(C)(C)[C@H]1O. The van der Waals surface area contributed by atoms with Crippen molar-refractivity contribution in [2.75, 3.05) is 0 Å². The Bertz CT molecular complexity index is 506. The second-order valence-corrected chi connectivity index (χ2v) is 7.45. The molecule has 4 atom stereocenters. The number of hydrogen-bond acceptors (Lipinski definition) is 4. The lowest BCUT2D eigenvalue weighted by atomic mass is 9.86. The molecule has 5 heteroatoms. The van der Waals surface area contributed by atoms with Crippen molar-refractivity contribution < 1.29 is 24.9 Å². The molecule has 1 fully saturated rings. The molecule has 0 saturated heterocycles. The summed E-state index contributed by atoms with van der Waals surface area (Å²) in [6.45, 7) is 5.52. The van der Waals surface area contributed by atoms with E-state index in [0.29, 0.717) is 25.7 Å². The summed E-state index contributed by atoms with van der Waals surface area (Å²) in [6.07, 6.45) is 9.39. The molecule has 0 heterocycles. The molecular weight excluding hydrogens is 320 g/mol. The topological polar surface area (TPSA) is 94.8 Å². The number of carbonyl (C=O) groups is 2. The first-order valence-electron chi connectivity index (χ1n) is 9.17. The summed E-state index contributed by atoms with van der Waals surface area (Å²) in [5.41, 5.74) is -0.799. The van der Waals surface area contributed by atoms with E-state index in [9.17, 15) is 19.8 Å². The van der Waals surface area contributed by atoms with Gasteiger partial charge in [0, 0.05) is 18.3 Å². The van der Waals surface area contributed by atoms with Gasteiger partial charge in [0.05, 0.1) is 17.6 Å². The molecule has 5 nitrogen and oxygen atoms in total. The van der Waals surface area contributed by atoms with Gasteiger partial charge in [-0.2, -0.15) is 0 Å².